The van der Waals surface area contributed by atoms with Crippen molar-refractivity contribution in [3.63, 3.8) is 0 Å². The summed E-state index contributed by atoms with van der Waals surface area (Å²) in [6.45, 7) is 1.08. The van der Waals surface area contributed by atoms with E-state index in [0.29, 0.717) is 0 Å². The molecular formula is C14H18N2O. The smallest absolute Gasteiger partial charge is 0.0434 e. The summed E-state index contributed by atoms with van der Waals surface area (Å²) >= 11 is 0. The van der Waals surface area contributed by atoms with Gasteiger partial charge in [-0.25, -0.2) is 0 Å². The number of aliphatic hydroxyl groups excluding tert-OH is 1. The molecule has 0 atom stereocenters. The van der Waals surface area contributed by atoms with Crippen molar-refractivity contribution in [1.29, 1.82) is 0 Å². The van der Waals surface area contributed by atoms with Crippen LogP contribution in [0.2, 0.25) is 0 Å². The minimum absolute atomic E-state index is 0.251. The molecule has 0 spiro atoms. The van der Waals surface area contributed by atoms with Crippen LogP contribution in [0.25, 0.3) is 0 Å². The van der Waals surface area contributed by atoms with Crippen molar-refractivity contribution in [3.8, 4) is 0 Å². The molecule has 0 bridgehead atoms. The first-order valence-corrected chi connectivity index (χ1v) is 5.94. The van der Waals surface area contributed by atoms with E-state index in [1.54, 1.807) is 0 Å². The Bertz CT molecular complexity index is 437. The van der Waals surface area contributed by atoms with E-state index in [0.717, 1.165) is 25.1 Å². The zero-order chi connectivity index (χ0) is 11.9. The standard InChI is InChI=1S/C14H18N2O/c17-8-2-4-12-3-1-5-14(9-12)16-11-13-6-7-15-10-13/h1,3,5-7,9-10,15-17H,2,4,8,11H2. The van der Waals surface area contributed by atoms with Crippen LogP contribution in [0, 0.1) is 0 Å². The maximum absolute atomic E-state index is 8.81. The fourth-order valence-electron chi connectivity index (χ4n) is 1.79. The van der Waals surface area contributed by atoms with Gasteiger partial charge in [0.1, 0.15) is 0 Å². The Morgan fingerprint density at radius 2 is 2.12 bits per heavy atom. The molecule has 0 aliphatic rings. The first-order chi connectivity index (χ1) is 8.38. The number of rotatable bonds is 6. The predicted molar refractivity (Wildman–Crippen MR) is 70.0 cm³/mol. The number of aromatic amines is 1. The van der Waals surface area contributed by atoms with Gasteiger partial charge in [-0.3, -0.25) is 0 Å². The van der Waals surface area contributed by atoms with Crippen LogP contribution >= 0.6 is 0 Å². The minimum Gasteiger partial charge on any atom is -0.396 e. The van der Waals surface area contributed by atoms with Crippen molar-refractivity contribution in [2.24, 2.45) is 0 Å². The molecule has 17 heavy (non-hydrogen) atoms. The molecule has 3 heteroatoms. The van der Waals surface area contributed by atoms with E-state index in [9.17, 15) is 0 Å². The van der Waals surface area contributed by atoms with Crippen LogP contribution in [-0.2, 0) is 13.0 Å². The first-order valence-electron chi connectivity index (χ1n) is 5.94. The van der Waals surface area contributed by atoms with Gasteiger partial charge in [-0.15, -0.1) is 0 Å². The van der Waals surface area contributed by atoms with Crippen LogP contribution in [0.1, 0.15) is 17.5 Å². The molecule has 90 valence electrons. The van der Waals surface area contributed by atoms with Gasteiger partial charge in [0.05, 0.1) is 0 Å². The molecule has 0 fully saturated rings. The molecule has 0 saturated carbocycles. The lowest BCUT2D eigenvalue weighted by molar-refractivity contribution is 0.288. The van der Waals surface area contributed by atoms with Gasteiger partial charge >= 0.3 is 0 Å². The topological polar surface area (TPSA) is 48.0 Å². The summed E-state index contributed by atoms with van der Waals surface area (Å²) in [5.74, 6) is 0. The highest BCUT2D eigenvalue weighted by Gasteiger charge is 1.97. The SMILES string of the molecule is OCCCc1cccc(NCc2cc[nH]c2)c1. The van der Waals surface area contributed by atoms with Crippen molar-refractivity contribution in [3.05, 3.63) is 53.9 Å². The molecule has 0 unspecified atom stereocenters. The largest absolute Gasteiger partial charge is 0.396 e. The number of H-pyrrole nitrogens is 1. The van der Waals surface area contributed by atoms with Crippen LogP contribution < -0.4 is 5.32 Å². The lowest BCUT2D eigenvalue weighted by Gasteiger charge is -2.07. The molecular weight excluding hydrogens is 212 g/mol. The third-order valence-electron chi connectivity index (χ3n) is 2.71. The summed E-state index contributed by atoms with van der Waals surface area (Å²) in [7, 11) is 0. The molecule has 2 aromatic rings. The summed E-state index contributed by atoms with van der Waals surface area (Å²) in [5, 5.41) is 12.2. The average molecular weight is 230 g/mol. The molecule has 1 aromatic carbocycles. The Labute approximate surface area is 102 Å². The van der Waals surface area contributed by atoms with Crippen molar-refractivity contribution < 1.29 is 5.11 Å². The van der Waals surface area contributed by atoms with Crippen molar-refractivity contribution in [2.45, 2.75) is 19.4 Å². The molecule has 3 nitrogen and oxygen atoms in total. The van der Waals surface area contributed by atoms with Gasteiger partial charge in [0.2, 0.25) is 0 Å². The van der Waals surface area contributed by atoms with Gasteiger partial charge in [-0.05, 0) is 42.2 Å². The third-order valence-corrected chi connectivity index (χ3v) is 2.71. The molecule has 3 N–H and O–H groups in total. The minimum atomic E-state index is 0.251. The fraction of sp³-hybridized carbons (Fsp3) is 0.286. The van der Waals surface area contributed by atoms with Crippen LogP contribution in [0.4, 0.5) is 5.69 Å². The van der Waals surface area contributed by atoms with Crippen LogP contribution in [0.15, 0.2) is 42.7 Å². The predicted octanol–water partition coefficient (Wildman–Crippen LogP) is 2.55. The summed E-state index contributed by atoms with van der Waals surface area (Å²) in [6.07, 6.45) is 5.66. The molecule has 1 heterocycles. The molecule has 0 aliphatic carbocycles. The van der Waals surface area contributed by atoms with Crippen molar-refractivity contribution in [1.82, 2.24) is 4.98 Å². The number of aromatic nitrogens is 1. The maximum atomic E-state index is 8.81. The second-order valence-corrected chi connectivity index (χ2v) is 4.10. The normalized spacial score (nSPS) is 10.4. The first kappa shape index (κ1) is 11.7. The molecule has 0 amide bonds. The van der Waals surface area contributed by atoms with E-state index < -0.39 is 0 Å². The second kappa shape index (κ2) is 6.11. The maximum Gasteiger partial charge on any atom is 0.0434 e. The van der Waals surface area contributed by atoms with Gasteiger partial charge in [0, 0.05) is 31.2 Å². The summed E-state index contributed by atoms with van der Waals surface area (Å²) < 4.78 is 0. The molecule has 1 aromatic heterocycles. The lowest BCUT2D eigenvalue weighted by Crippen LogP contribution is -1.99. The highest BCUT2D eigenvalue weighted by Crippen LogP contribution is 2.13. The Kier molecular flexibility index (Phi) is 4.22. The highest BCUT2D eigenvalue weighted by molar-refractivity contribution is 5.46. The number of anilines is 1. The number of nitrogens with one attached hydrogen (secondary N) is 2. The van der Waals surface area contributed by atoms with E-state index in [4.69, 9.17) is 5.11 Å². The average Bonchev–Trinajstić information content (AvgIpc) is 2.87. The molecule has 0 aliphatic heterocycles. The van der Waals surface area contributed by atoms with E-state index >= 15 is 0 Å². The number of benzene rings is 1. The third kappa shape index (κ3) is 3.64. The van der Waals surface area contributed by atoms with Crippen LogP contribution in [0.3, 0.4) is 0 Å². The molecule has 0 radical (unpaired) electrons. The number of aryl methyl sites for hydroxylation is 1. The van der Waals surface area contributed by atoms with Crippen molar-refractivity contribution in [2.75, 3.05) is 11.9 Å². The van der Waals surface area contributed by atoms with E-state index in [1.165, 1.54) is 11.1 Å². The van der Waals surface area contributed by atoms with Crippen LogP contribution in [0.5, 0.6) is 0 Å². The Morgan fingerprint density at radius 1 is 1.18 bits per heavy atom. The van der Waals surface area contributed by atoms with E-state index in [1.807, 2.05) is 18.5 Å². The Hall–Kier alpha value is -1.74. The Morgan fingerprint density at radius 3 is 2.88 bits per heavy atom. The monoisotopic (exact) mass is 230 g/mol. The quantitative estimate of drug-likeness (QED) is 0.714. The zero-order valence-corrected chi connectivity index (χ0v) is 9.82. The molecule has 2 rings (SSSR count). The van der Waals surface area contributed by atoms with E-state index in [-0.39, 0.29) is 6.61 Å². The summed E-state index contributed by atoms with van der Waals surface area (Å²) in [4.78, 5) is 3.04. The van der Waals surface area contributed by atoms with Gasteiger partial charge in [-0.2, -0.15) is 0 Å². The number of aliphatic hydroxyl groups is 1. The van der Waals surface area contributed by atoms with E-state index in [2.05, 4.69) is 34.6 Å². The second-order valence-electron chi connectivity index (χ2n) is 4.10. The van der Waals surface area contributed by atoms with Gasteiger partial charge < -0.3 is 15.4 Å². The van der Waals surface area contributed by atoms with Crippen molar-refractivity contribution >= 4 is 5.69 Å². The number of hydrogen-bond donors (Lipinski definition) is 3. The Balaban J connectivity index is 1.91. The molecule has 0 saturated heterocycles. The van der Waals surface area contributed by atoms with Gasteiger partial charge in [0.25, 0.3) is 0 Å². The van der Waals surface area contributed by atoms with Gasteiger partial charge in [-0.1, -0.05) is 12.1 Å². The summed E-state index contributed by atoms with van der Waals surface area (Å²) in [5.41, 5.74) is 3.63. The van der Waals surface area contributed by atoms with Gasteiger partial charge in [0.15, 0.2) is 0 Å². The number of hydrogen-bond acceptors (Lipinski definition) is 2. The van der Waals surface area contributed by atoms with Crippen LogP contribution in [-0.4, -0.2) is 16.7 Å². The zero-order valence-electron chi connectivity index (χ0n) is 9.82. The lowest BCUT2D eigenvalue weighted by atomic mass is 10.1. The summed E-state index contributed by atoms with van der Waals surface area (Å²) in [6, 6.07) is 10.4. The highest BCUT2D eigenvalue weighted by atomic mass is 16.2. The fourth-order valence-corrected chi connectivity index (χ4v) is 1.79.